The van der Waals surface area contributed by atoms with E-state index in [0.717, 1.165) is 4.57 Å². The summed E-state index contributed by atoms with van der Waals surface area (Å²) in [4.78, 5) is 39.9. The summed E-state index contributed by atoms with van der Waals surface area (Å²) < 4.78 is 8.68. The van der Waals surface area contributed by atoms with E-state index in [1.54, 1.807) is 17.6 Å². The first-order chi connectivity index (χ1) is 10.9. The minimum absolute atomic E-state index is 0.0687. The maximum Gasteiger partial charge on any atom is 0.332 e. The van der Waals surface area contributed by atoms with Crippen molar-refractivity contribution in [2.45, 2.75) is 19.3 Å². The zero-order valence-electron chi connectivity index (χ0n) is 13.1. The summed E-state index contributed by atoms with van der Waals surface area (Å²) in [6.07, 6.45) is 2.83. The number of alkyl halides is 1. The molecule has 0 aromatic carbocycles. The molecule has 2 heterocycles. The Morgan fingerprint density at radius 1 is 1.30 bits per heavy atom. The highest BCUT2D eigenvalue weighted by atomic mass is 35.5. The van der Waals surface area contributed by atoms with Crippen molar-refractivity contribution < 1.29 is 9.53 Å². The van der Waals surface area contributed by atoms with Crippen LogP contribution in [0.15, 0.2) is 21.7 Å². The second kappa shape index (κ2) is 6.82. The van der Waals surface area contributed by atoms with Crippen LogP contribution >= 0.6 is 11.6 Å². The quantitative estimate of drug-likeness (QED) is 0.443. The van der Waals surface area contributed by atoms with Crippen LogP contribution in [0.25, 0.3) is 11.2 Å². The van der Waals surface area contributed by atoms with Crippen LogP contribution in [0.2, 0.25) is 0 Å². The highest BCUT2D eigenvalue weighted by Gasteiger charge is 2.17. The summed E-state index contributed by atoms with van der Waals surface area (Å²) in [5.41, 5.74) is -0.399. The number of nitrogens with zero attached hydrogens (tertiary/aromatic N) is 4. The molecular weight excluding hydrogens is 324 g/mol. The molecular formula is C14H17ClN4O4. The number of imidazole rings is 1. The molecule has 8 nitrogen and oxygen atoms in total. The Morgan fingerprint density at radius 3 is 2.61 bits per heavy atom. The minimum Gasteiger partial charge on any atom is -0.463 e. The van der Waals surface area contributed by atoms with E-state index >= 15 is 0 Å². The topological polar surface area (TPSA) is 88.1 Å². The van der Waals surface area contributed by atoms with Gasteiger partial charge in [0.25, 0.3) is 5.56 Å². The number of fused-ring (bicyclic) bond motifs is 1. The van der Waals surface area contributed by atoms with E-state index in [1.165, 1.54) is 24.7 Å². The highest BCUT2D eigenvalue weighted by Crippen LogP contribution is 2.13. The van der Waals surface area contributed by atoms with Gasteiger partial charge in [-0.25, -0.2) is 14.6 Å². The van der Waals surface area contributed by atoms with Gasteiger partial charge in [-0.1, -0.05) is 6.08 Å². The molecule has 2 aromatic rings. The van der Waals surface area contributed by atoms with Crippen molar-refractivity contribution in [2.24, 2.45) is 14.1 Å². The van der Waals surface area contributed by atoms with Gasteiger partial charge in [-0.3, -0.25) is 13.9 Å². The van der Waals surface area contributed by atoms with Crippen molar-refractivity contribution in [1.82, 2.24) is 18.7 Å². The SMILES string of the molecule is CCOC(=O)/C=C/Cn1c(CCl)nc2c1c(=O)n(C)c(=O)n2C. The van der Waals surface area contributed by atoms with Crippen LogP contribution in [0, 0.1) is 0 Å². The number of carbonyl (C=O) groups excluding carboxylic acids is 1. The molecule has 124 valence electrons. The summed E-state index contributed by atoms with van der Waals surface area (Å²) in [5.74, 6) is 0.0392. The molecule has 0 fully saturated rings. The van der Waals surface area contributed by atoms with E-state index in [1.807, 2.05) is 0 Å². The summed E-state index contributed by atoms with van der Waals surface area (Å²) in [6.45, 7) is 2.21. The number of hydrogen-bond acceptors (Lipinski definition) is 5. The number of aromatic nitrogens is 4. The number of halogens is 1. The predicted molar refractivity (Wildman–Crippen MR) is 85.5 cm³/mol. The molecule has 0 bridgehead atoms. The monoisotopic (exact) mass is 340 g/mol. The van der Waals surface area contributed by atoms with Gasteiger partial charge in [0.05, 0.1) is 12.5 Å². The van der Waals surface area contributed by atoms with Crippen molar-refractivity contribution >= 4 is 28.7 Å². The Hall–Kier alpha value is -2.35. The van der Waals surface area contributed by atoms with Crippen LogP contribution in [0.5, 0.6) is 0 Å². The second-order valence-electron chi connectivity index (χ2n) is 4.80. The van der Waals surface area contributed by atoms with E-state index < -0.39 is 17.2 Å². The number of carbonyl (C=O) groups is 1. The standard InChI is InChI=1S/C14H17ClN4O4/c1-4-23-10(20)6-5-7-19-9(8-15)16-12-11(19)13(21)18(3)14(22)17(12)2/h5-6H,4,7-8H2,1-3H3/b6-5+. The average Bonchev–Trinajstić information content (AvgIpc) is 2.90. The molecule has 0 amide bonds. The fourth-order valence-corrected chi connectivity index (χ4v) is 2.44. The van der Waals surface area contributed by atoms with E-state index in [2.05, 4.69) is 4.98 Å². The minimum atomic E-state index is -0.468. The van der Waals surface area contributed by atoms with Gasteiger partial charge in [0.15, 0.2) is 11.2 Å². The summed E-state index contributed by atoms with van der Waals surface area (Å²) in [5, 5.41) is 0. The van der Waals surface area contributed by atoms with Crippen molar-refractivity contribution in [3.8, 4) is 0 Å². The number of aryl methyl sites for hydroxylation is 1. The number of allylic oxidation sites excluding steroid dienone is 1. The molecule has 0 spiro atoms. The number of esters is 1. The summed E-state index contributed by atoms with van der Waals surface area (Å²) >= 11 is 5.88. The first-order valence-corrected chi connectivity index (χ1v) is 7.50. The van der Waals surface area contributed by atoms with Crippen molar-refractivity contribution in [3.63, 3.8) is 0 Å². The number of ether oxygens (including phenoxy) is 1. The maximum absolute atomic E-state index is 12.4. The molecule has 0 atom stereocenters. The van der Waals surface area contributed by atoms with Gasteiger partial charge in [0.2, 0.25) is 0 Å². The smallest absolute Gasteiger partial charge is 0.332 e. The lowest BCUT2D eigenvalue weighted by atomic mass is 10.4. The van der Waals surface area contributed by atoms with Crippen LogP contribution in [-0.2, 0) is 36.1 Å². The van der Waals surface area contributed by atoms with Crippen LogP contribution in [0.3, 0.4) is 0 Å². The lowest BCUT2D eigenvalue weighted by molar-refractivity contribution is -0.137. The maximum atomic E-state index is 12.4. The molecule has 23 heavy (non-hydrogen) atoms. The Labute approximate surface area is 136 Å². The third-order valence-corrected chi connectivity index (χ3v) is 3.61. The zero-order valence-corrected chi connectivity index (χ0v) is 13.8. The first-order valence-electron chi connectivity index (χ1n) is 6.96. The Kier molecular flexibility index (Phi) is 5.05. The third-order valence-electron chi connectivity index (χ3n) is 3.38. The van der Waals surface area contributed by atoms with Crippen molar-refractivity contribution in [2.75, 3.05) is 6.61 Å². The number of rotatable bonds is 5. The lowest BCUT2D eigenvalue weighted by Crippen LogP contribution is -2.37. The van der Waals surface area contributed by atoms with E-state index in [-0.39, 0.29) is 30.2 Å². The van der Waals surface area contributed by atoms with Gasteiger partial charge in [-0.15, -0.1) is 11.6 Å². The summed E-state index contributed by atoms with van der Waals surface area (Å²) in [7, 11) is 2.93. The average molecular weight is 341 g/mol. The van der Waals surface area contributed by atoms with Gasteiger partial charge >= 0.3 is 11.7 Å². The summed E-state index contributed by atoms with van der Waals surface area (Å²) in [6, 6.07) is 0. The normalized spacial score (nSPS) is 11.5. The van der Waals surface area contributed by atoms with Crippen LogP contribution < -0.4 is 11.2 Å². The van der Waals surface area contributed by atoms with Crippen LogP contribution in [0.1, 0.15) is 12.7 Å². The fourth-order valence-electron chi connectivity index (χ4n) is 2.23. The van der Waals surface area contributed by atoms with Crippen LogP contribution in [-0.4, -0.2) is 31.3 Å². The van der Waals surface area contributed by atoms with Gasteiger partial charge in [-0.05, 0) is 6.92 Å². The Balaban J connectivity index is 2.57. The van der Waals surface area contributed by atoms with E-state index in [4.69, 9.17) is 16.3 Å². The molecule has 2 aromatic heterocycles. The molecule has 0 radical (unpaired) electrons. The fraction of sp³-hybridized carbons (Fsp3) is 0.429. The third kappa shape index (κ3) is 3.07. The molecule has 0 saturated heterocycles. The molecule has 0 aliphatic carbocycles. The van der Waals surface area contributed by atoms with E-state index in [0.29, 0.717) is 5.82 Å². The van der Waals surface area contributed by atoms with E-state index in [9.17, 15) is 14.4 Å². The van der Waals surface area contributed by atoms with Crippen molar-refractivity contribution in [3.05, 3.63) is 38.8 Å². The van der Waals surface area contributed by atoms with Gasteiger partial charge < -0.3 is 9.30 Å². The molecule has 0 N–H and O–H groups in total. The zero-order chi connectivity index (χ0) is 17.1. The second-order valence-corrected chi connectivity index (χ2v) is 5.07. The lowest BCUT2D eigenvalue weighted by Gasteiger charge is -2.06. The van der Waals surface area contributed by atoms with Crippen molar-refractivity contribution in [1.29, 1.82) is 0 Å². The molecule has 0 aliphatic rings. The Bertz CT molecular complexity index is 891. The predicted octanol–water partition coefficient (Wildman–Crippen LogP) is 0.292. The highest BCUT2D eigenvalue weighted by molar-refractivity contribution is 6.16. The van der Waals surface area contributed by atoms with Gasteiger partial charge in [-0.2, -0.15) is 0 Å². The molecule has 0 aliphatic heterocycles. The molecule has 2 rings (SSSR count). The first kappa shape index (κ1) is 17.0. The molecule has 0 unspecified atom stereocenters. The molecule has 9 heteroatoms. The largest absolute Gasteiger partial charge is 0.463 e. The van der Waals surface area contributed by atoms with Gasteiger partial charge in [0.1, 0.15) is 5.82 Å². The van der Waals surface area contributed by atoms with Gasteiger partial charge in [0, 0.05) is 26.7 Å². The molecule has 0 saturated carbocycles. The Morgan fingerprint density at radius 2 is 2.00 bits per heavy atom. The number of hydrogen-bond donors (Lipinski definition) is 0. The van der Waals surface area contributed by atoms with Crippen LogP contribution in [0.4, 0.5) is 0 Å².